The second-order valence-corrected chi connectivity index (χ2v) is 6.51. The van der Waals surface area contributed by atoms with Crippen molar-refractivity contribution in [3.05, 3.63) is 64.2 Å². The Bertz CT molecular complexity index is 729. The molecule has 1 atom stereocenters. The molecule has 0 saturated carbocycles. The third-order valence-corrected chi connectivity index (χ3v) is 4.88. The molecule has 1 aliphatic heterocycles. The van der Waals surface area contributed by atoms with Gasteiger partial charge in [0.15, 0.2) is 0 Å². The zero-order chi connectivity index (χ0) is 16.4. The summed E-state index contributed by atoms with van der Waals surface area (Å²) in [6.45, 7) is 4.87. The fourth-order valence-electron chi connectivity index (χ4n) is 3.09. The van der Waals surface area contributed by atoms with Crippen molar-refractivity contribution in [3.8, 4) is 0 Å². The number of carbonyl (C=O) groups is 1. The van der Waals surface area contributed by atoms with Crippen molar-refractivity contribution >= 4 is 23.3 Å². The van der Waals surface area contributed by atoms with Gasteiger partial charge in [-0.05, 0) is 61.6 Å². The summed E-state index contributed by atoms with van der Waals surface area (Å²) in [6, 6.07) is 13.8. The molecule has 2 aromatic carbocycles. The van der Waals surface area contributed by atoms with E-state index in [4.69, 9.17) is 11.6 Å². The van der Waals surface area contributed by atoms with Gasteiger partial charge >= 0.3 is 6.03 Å². The summed E-state index contributed by atoms with van der Waals surface area (Å²) in [5.41, 5.74) is 4.26. The van der Waals surface area contributed by atoms with Crippen molar-refractivity contribution in [1.82, 2.24) is 4.90 Å². The van der Waals surface area contributed by atoms with Gasteiger partial charge in [0.2, 0.25) is 0 Å². The Morgan fingerprint density at radius 3 is 2.70 bits per heavy atom. The average molecular weight is 329 g/mol. The smallest absolute Gasteiger partial charge is 0.317 e. The Morgan fingerprint density at radius 1 is 1.17 bits per heavy atom. The third kappa shape index (κ3) is 3.35. The molecule has 2 aromatic rings. The monoisotopic (exact) mass is 328 g/mol. The Hall–Kier alpha value is -2.00. The van der Waals surface area contributed by atoms with Crippen LogP contribution < -0.4 is 5.32 Å². The van der Waals surface area contributed by atoms with Crippen LogP contribution >= 0.6 is 11.6 Å². The van der Waals surface area contributed by atoms with Crippen LogP contribution in [0, 0.1) is 13.8 Å². The summed E-state index contributed by atoms with van der Waals surface area (Å²) in [4.78, 5) is 14.6. The van der Waals surface area contributed by atoms with E-state index in [9.17, 15) is 4.79 Å². The molecule has 0 unspecified atom stereocenters. The number of hydrogen-bond donors (Lipinski definition) is 1. The number of nitrogens with zero attached hydrogens (tertiary/aromatic N) is 1. The quantitative estimate of drug-likeness (QED) is 0.794. The molecule has 3 rings (SSSR count). The van der Waals surface area contributed by atoms with Gasteiger partial charge in [0, 0.05) is 17.3 Å². The van der Waals surface area contributed by atoms with E-state index >= 15 is 0 Å². The number of halogens is 1. The summed E-state index contributed by atoms with van der Waals surface area (Å²) in [5.74, 6) is 0. The first-order valence-electron chi connectivity index (χ1n) is 7.95. The second-order valence-electron chi connectivity index (χ2n) is 6.10. The highest BCUT2D eigenvalue weighted by molar-refractivity contribution is 6.31. The van der Waals surface area contributed by atoms with Crippen LogP contribution in [0.15, 0.2) is 42.5 Å². The largest absolute Gasteiger partial charge is 0.322 e. The number of aryl methyl sites for hydroxylation is 2. The van der Waals surface area contributed by atoms with Crippen molar-refractivity contribution < 1.29 is 4.79 Å². The first-order valence-corrected chi connectivity index (χ1v) is 8.33. The highest BCUT2D eigenvalue weighted by Crippen LogP contribution is 2.36. The maximum Gasteiger partial charge on any atom is 0.322 e. The van der Waals surface area contributed by atoms with Crippen LogP contribution in [0.2, 0.25) is 5.02 Å². The van der Waals surface area contributed by atoms with Crippen molar-refractivity contribution in [2.45, 2.75) is 32.7 Å². The number of likely N-dealkylation sites (tertiary alicyclic amines) is 1. The Morgan fingerprint density at radius 2 is 1.96 bits per heavy atom. The van der Waals surface area contributed by atoms with Gasteiger partial charge in [0.05, 0.1) is 6.04 Å². The number of amides is 2. The molecule has 4 heteroatoms. The van der Waals surface area contributed by atoms with Gasteiger partial charge in [-0.1, -0.05) is 35.9 Å². The lowest BCUT2D eigenvalue weighted by molar-refractivity contribution is 0.207. The molecule has 1 saturated heterocycles. The molecule has 0 aromatic heterocycles. The predicted octanol–water partition coefficient (Wildman–Crippen LogP) is 5.33. The molecule has 1 N–H and O–H groups in total. The summed E-state index contributed by atoms with van der Waals surface area (Å²) in [5, 5.41) is 3.74. The summed E-state index contributed by atoms with van der Waals surface area (Å²) in [7, 11) is 0. The van der Waals surface area contributed by atoms with E-state index in [0.29, 0.717) is 0 Å². The molecule has 0 radical (unpaired) electrons. The van der Waals surface area contributed by atoms with E-state index in [2.05, 4.69) is 12.2 Å². The lowest BCUT2D eigenvalue weighted by Gasteiger charge is -2.26. The average Bonchev–Trinajstić information content (AvgIpc) is 3.01. The van der Waals surface area contributed by atoms with Gasteiger partial charge in [0.1, 0.15) is 0 Å². The number of rotatable bonds is 2. The van der Waals surface area contributed by atoms with Gasteiger partial charge in [0.25, 0.3) is 0 Å². The van der Waals surface area contributed by atoms with Gasteiger partial charge in [-0.15, -0.1) is 0 Å². The van der Waals surface area contributed by atoms with Crippen LogP contribution in [0.4, 0.5) is 10.5 Å². The van der Waals surface area contributed by atoms with Crippen LogP contribution in [0.1, 0.15) is 35.6 Å². The van der Waals surface area contributed by atoms with Crippen LogP contribution in [-0.2, 0) is 0 Å². The second kappa shape index (κ2) is 6.63. The molecule has 23 heavy (non-hydrogen) atoms. The highest BCUT2D eigenvalue weighted by Gasteiger charge is 2.31. The normalized spacial score (nSPS) is 17.3. The third-order valence-electron chi connectivity index (χ3n) is 4.54. The lowest BCUT2D eigenvalue weighted by atomic mass is 10.0. The first-order chi connectivity index (χ1) is 11.1. The number of anilines is 1. The minimum atomic E-state index is -0.0596. The SMILES string of the molecule is Cc1ccc(NC(=O)N2CCC[C@H]2c2ccccc2Cl)cc1C. The summed E-state index contributed by atoms with van der Waals surface area (Å²) in [6.07, 6.45) is 1.94. The van der Waals surface area contributed by atoms with E-state index in [0.717, 1.165) is 35.7 Å². The number of nitrogens with one attached hydrogen (secondary N) is 1. The Kier molecular flexibility index (Phi) is 4.58. The number of hydrogen-bond acceptors (Lipinski definition) is 1. The minimum Gasteiger partial charge on any atom is -0.317 e. The lowest BCUT2D eigenvalue weighted by Crippen LogP contribution is -2.34. The molecule has 2 amide bonds. The number of carbonyl (C=O) groups excluding carboxylic acids is 1. The minimum absolute atomic E-state index is 0.0512. The zero-order valence-electron chi connectivity index (χ0n) is 13.5. The molecule has 1 aliphatic rings. The topological polar surface area (TPSA) is 32.3 Å². The number of benzene rings is 2. The van der Waals surface area contributed by atoms with Crippen LogP contribution in [-0.4, -0.2) is 17.5 Å². The van der Waals surface area contributed by atoms with E-state index in [1.54, 1.807) is 0 Å². The van der Waals surface area contributed by atoms with Crippen LogP contribution in [0.25, 0.3) is 0 Å². The molecular formula is C19H21ClN2O. The van der Waals surface area contributed by atoms with Gasteiger partial charge in [-0.3, -0.25) is 0 Å². The van der Waals surface area contributed by atoms with E-state index in [1.807, 2.05) is 54.3 Å². The van der Waals surface area contributed by atoms with Crippen molar-refractivity contribution in [2.24, 2.45) is 0 Å². The molecule has 0 bridgehead atoms. The molecule has 3 nitrogen and oxygen atoms in total. The fraction of sp³-hybridized carbons (Fsp3) is 0.316. The Balaban J connectivity index is 1.78. The van der Waals surface area contributed by atoms with E-state index in [-0.39, 0.29) is 12.1 Å². The van der Waals surface area contributed by atoms with Gasteiger partial charge in [-0.2, -0.15) is 0 Å². The molecule has 1 heterocycles. The maximum absolute atomic E-state index is 12.7. The van der Waals surface area contributed by atoms with E-state index < -0.39 is 0 Å². The zero-order valence-corrected chi connectivity index (χ0v) is 14.2. The fourth-order valence-corrected chi connectivity index (χ4v) is 3.35. The predicted molar refractivity (Wildman–Crippen MR) is 95.1 cm³/mol. The maximum atomic E-state index is 12.7. The molecule has 0 spiro atoms. The molecule has 120 valence electrons. The van der Waals surface area contributed by atoms with Gasteiger partial charge in [-0.25, -0.2) is 4.79 Å². The summed E-state index contributed by atoms with van der Waals surface area (Å²) >= 11 is 6.31. The first kappa shape index (κ1) is 15.9. The molecule has 0 aliphatic carbocycles. The molecular weight excluding hydrogens is 308 g/mol. The highest BCUT2D eigenvalue weighted by atomic mass is 35.5. The van der Waals surface area contributed by atoms with Crippen LogP contribution in [0.5, 0.6) is 0 Å². The standard InChI is InChI=1S/C19H21ClN2O/c1-13-9-10-15(12-14(13)2)21-19(23)22-11-5-8-18(22)16-6-3-4-7-17(16)20/h3-4,6-7,9-10,12,18H,5,8,11H2,1-2H3,(H,21,23)/t18-/m0/s1. The van der Waals surface area contributed by atoms with E-state index in [1.165, 1.54) is 11.1 Å². The summed E-state index contributed by atoms with van der Waals surface area (Å²) < 4.78 is 0. The van der Waals surface area contributed by atoms with Crippen LogP contribution in [0.3, 0.4) is 0 Å². The Labute approximate surface area is 142 Å². The van der Waals surface area contributed by atoms with Crippen molar-refractivity contribution in [3.63, 3.8) is 0 Å². The van der Waals surface area contributed by atoms with Gasteiger partial charge < -0.3 is 10.2 Å². The van der Waals surface area contributed by atoms with Crippen molar-refractivity contribution in [1.29, 1.82) is 0 Å². The number of urea groups is 1. The van der Waals surface area contributed by atoms with Crippen molar-refractivity contribution in [2.75, 3.05) is 11.9 Å². The molecule has 1 fully saturated rings.